The molecule has 0 fully saturated rings. The average Bonchev–Trinajstić information content (AvgIpc) is 3.29. The second kappa shape index (κ2) is 14.1. The van der Waals surface area contributed by atoms with E-state index in [1.54, 1.807) is 0 Å². The highest BCUT2D eigenvalue weighted by Gasteiger charge is 2.45. The van der Waals surface area contributed by atoms with Crippen molar-refractivity contribution in [3.05, 3.63) is 235 Å². The molecule has 0 radical (unpaired) electrons. The van der Waals surface area contributed by atoms with Gasteiger partial charge in [0.05, 0.1) is 5.41 Å². The number of hydrogen-bond acceptors (Lipinski definition) is 4. The van der Waals surface area contributed by atoms with Gasteiger partial charge in [0.15, 0.2) is 17.5 Å². The summed E-state index contributed by atoms with van der Waals surface area (Å²) in [5, 5.41) is 0. The van der Waals surface area contributed by atoms with Crippen molar-refractivity contribution in [2.75, 3.05) is 0 Å². The Balaban J connectivity index is 1.09. The number of hydrogen-bond donors (Lipinski definition) is 0. The normalized spacial score (nSPS) is 12.6. The molecule has 9 aromatic rings. The van der Waals surface area contributed by atoms with Crippen LogP contribution in [0.15, 0.2) is 212 Å². The molecule has 2 heterocycles. The van der Waals surface area contributed by atoms with Gasteiger partial charge in [0.25, 0.3) is 0 Å². The molecule has 4 heteroatoms. The lowest BCUT2D eigenvalue weighted by molar-refractivity contribution is 0.434. The summed E-state index contributed by atoms with van der Waals surface area (Å²) in [7, 11) is 0. The number of nitrogens with zero attached hydrogens (tertiary/aromatic N) is 3. The van der Waals surface area contributed by atoms with Crippen molar-refractivity contribution < 1.29 is 4.74 Å². The first kappa shape index (κ1) is 33.2. The van der Waals surface area contributed by atoms with Gasteiger partial charge in [-0.05, 0) is 51.6 Å². The SMILES string of the molecule is c1ccc(-c2nc(-c3cccc(-c4ccc(C5(c6ccccc6)c6ccccc6Oc6ccccc65)cc4)c3)nc(-c3ccccc3-c3ccccc3)n2)cc1. The molecular weight excluding hydrogens is 683 g/mol. The number of benzene rings is 8. The Bertz CT molecular complexity index is 2770. The highest BCUT2D eigenvalue weighted by molar-refractivity contribution is 5.82. The predicted octanol–water partition coefficient (Wildman–Crippen LogP) is 12.7. The quantitative estimate of drug-likeness (QED) is 0.165. The van der Waals surface area contributed by atoms with Gasteiger partial charge in [-0.15, -0.1) is 0 Å². The van der Waals surface area contributed by atoms with E-state index in [9.17, 15) is 0 Å². The van der Waals surface area contributed by atoms with E-state index in [0.29, 0.717) is 17.5 Å². The zero-order valence-electron chi connectivity index (χ0n) is 30.5. The number of rotatable bonds is 7. The summed E-state index contributed by atoms with van der Waals surface area (Å²) >= 11 is 0. The summed E-state index contributed by atoms with van der Waals surface area (Å²) in [6, 6.07) is 73.9. The number of ether oxygens (including phenoxy) is 1. The van der Waals surface area contributed by atoms with Gasteiger partial charge < -0.3 is 4.74 Å². The third-order valence-electron chi connectivity index (χ3n) is 10.7. The van der Waals surface area contributed by atoms with Crippen LogP contribution in [0.1, 0.15) is 22.3 Å². The first-order valence-electron chi connectivity index (χ1n) is 18.9. The summed E-state index contributed by atoms with van der Waals surface area (Å²) in [6.45, 7) is 0. The van der Waals surface area contributed by atoms with Crippen LogP contribution in [0.2, 0.25) is 0 Å². The lowest BCUT2D eigenvalue weighted by Crippen LogP contribution is -2.34. The van der Waals surface area contributed by atoms with E-state index in [1.807, 2.05) is 54.6 Å². The van der Waals surface area contributed by atoms with Crippen LogP contribution in [0.25, 0.3) is 56.4 Å². The van der Waals surface area contributed by atoms with Crippen molar-refractivity contribution in [3.63, 3.8) is 0 Å². The van der Waals surface area contributed by atoms with Gasteiger partial charge in [-0.25, -0.2) is 15.0 Å². The van der Waals surface area contributed by atoms with Gasteiger partial charge in [0, 0.05) is 27.8 Å². The first-order valence-corrected chi connectivity index (χ1v) is 18.9. The van der Waals surface area contributed by atoms with E-state index in [0.717, 1.165) is 61.6 Å². The van der Waals surface area contributed by atoms with Crippen molar-refractivity contribution in [2.24, 2.45) is 0 Å². The van der Waals surface area contributed by atoms with Crippen LogP contribution in [0.4, 0.5) is 0 Å². The molecule has 0 bridgehead atoms. The van der Waals surface area contributed by atoms with E-state index in [-0.39, 0.29) is 0 Å². The van der Waals surface area contributed by atoms with Gasteiger partial charge in [-0.2, -0.15) is 0 Å². The van der Waals surface area contributed by atoms with Crippen molar-refractivity contribution in [3.8, 4) is 67.9 Å². The second-order valence-corrected chi connectivity index (χ2v) is 14.0. The summed E-state index contributed by atoms with van der Waals surface area (Å²) in [4.78, 5) is 15.3. The standard InChI is InChI=1S/C52H35N3O/c1-4-17-37(18-5-1)43-25-10-11-26-44(43)51-54-49(38-19-6-2-7-20-38)53-50(55-51)40-22-16-21-39(35-40)36-31-33-42(34-32-36)52(41-23-8-3-9-24-41)45-27-12-14-29-47(45)56-48-30-15-13-28-46(48)52/h1-35H. The molecule has 1 aliphatic heterocycles. The molecule has 0 unspecified atom stereocenters. The number of fused-ring (bicyclic) bond motifs is 2. The Morgan fingerprint density at radius 2 is 0.768 bits per heavy atom. The molecule has 1 aliphatic rings. The Morgan fingerprint density at radius 1 is 0.304 bits per heavy atom. The van der Waals surface area contributed by atoms with Gasteiger partial charge in [-0.3, -0.25) is 0 Å². The Morgan fingerprint density at radius 3 is 1.43 bits per heavy atom. The Hall–Kier alpha value is -7.43. The van der Waals surface area contributed by atoms with Crippen LogP contribution in [0, 0.1) is 0 Å². The maximum Gasteiger partial charge on any atom is 0.164 e. The highest BCUT2D eigenvalue weighted by atomic mass is 16.5. The average molecular weight is 718 g/mol. The Kier molecular flexibility index (Phi) is 8.34. The fraction of sp³-hybridized carbons (Fsp3) is 0.0192. The minimum Gasteiger partial charge on any atom is -0.457 e. The van der Waals surface area contributed by atoms with Gasteiger partial charge in [0.2, 0.25) is 0 Å². The maximum absolute atomic E-state index is 6.51. The zero-order valence-corrected chi connectivity index (χ0v) is 30.5. The smallest absolute Gasteiger partial charge is 0.164 e. The molecule has 0 spiro atoms. The number of aromatic nitrogens is 3. The molecule has 8 aromatic carbocycles. The largest absolute Gasteiger partial charge is 0.457 e. The third-order valence-corrected chi connectivity index (χ3v) is 10.7. The first-order chi connectivity index (χ1) is 27.8. The van der Waals surface area contributed by atoms with Crippen LogP contribution in [-0.4, -0.2) is 15.0 Å². The van der Waals surface area contributed by atoms with Gasteiger partial charge in [0.1, 0.15) is 11.5 Å². The van der Waals surface area contributed by atoms with Crippen molar-refractivity contribution in [1.82, 2.24) is 15.0 Å². The van der Waals surface area contributed by atoms with Crippen molar-refractivity contribution in [1.29, 1.82) is 0 Å². The molecule has 1 aromatic heterocycles. The fourth-order valence-corrected chi connectivity index (χ4v) is 8.11. The lowest BCUT2D eigenvalue weighted by Gasteiger charge is -2.41. The molecule has 0 saturated heterocycles. The van der Waals surface area contributed by atoms with Crippen molar-refractivity contribution in [2.45, 2.75) is 5.41 Å². The second-order valence-electron chi connectivity index (χ2n) is 14.0. The van der Waals surface area contributed by atoms with Crippen LogP contribution >= 0.6 is 0 Å². The molecule has 264 valence electrons. The molecule has 4 nitrogen and oxygen atoms in total. The Labute approximate surface area is 326 Å². The van der Waals surface area contributed by atoms with E-state index in [1.165, 1.54) is 11.1 Å². The van der Waals surface area contributed by atoms with Gasteiger partial charge >= 0.3 is 0 Å². The van der Waals surface area contributed by atoms with Crippen LogP contribution < -0.4 is 4.74 Å². The van der Waals surface area contributed by atoms with E-state index < -0.39 is 5.41 Å². The van der Waals surface area contributed by atoms with Crippen LogP contribution in [0.3, 0.4) is 0 Å². The molecule has 0 atom stereocenters. The summed E-state index contributed by atoms with van der Waals surface area (Å²) in [5.41, 5.74) is 11.2. The maximum atomic E-state index is 6.51. The fourth-order valence-electron chi connectivity index (χ4n) is 8.11. The highest BCUT2D eigenvalue weighted by Crippen LogP contribution is 2.55. The minimum absolute atomic E-state index is 0.571. The molecular formula is C52H35N3O. The summed E-state index contributed by atoms with van der Waals surface area (Å²) < 4.78 is 6.51. The summed E-state index contributed by atoms with van der Waals surface area (Å²) in [6.07, 6.45) is 0. The molecule has 0 N–H and O–H groups in total. The van der Waals surface area contributed by atoms with E-state index in [2.05, 4.69) is 158 Å². The lowest BCUT2D eigenvalue weighted by atomic mass is 9.63. The molecule has 0 saturated carbocycles. The molecule has 0 amide bonds. The topological polar surface area (TPSA) is 47.9 Å². The van der Waals surface area contributed by atoms with E-state index >= 15 is 0 Å². The molecule has 10 rings (SSSR count). The van der Waals surface area contributed by atoms with Crippen molar-refractivity contribution >= 4 is 0 Å². The minimum atomic E-state index is -0.571. The van der Waals surface area contributed by atoms with E-state index in [4.69, 9.17) is 19.7 Å². The predicted molar refractivity (Wildman–Crippen MR) is 225 cm³/mol. The van der Waals surface area contributed by atoms with Gasteiger partial charge in [-0.1, -0.05) is 194 Å². The summed E-state index contributed by atoms with van der Waals surface area (Å²) in [5.74, 6) is 3.61. The number of para-hydroxylation sites is 2. The molecule has 0 aliphatic carbocycles. The zero-order chi connectivity index (χ0) is 37.3. The monoisotopic (exact) mass is 717 g/mol. The van der Waals surface area contributed by atoms with Crippen LogP contribution in [-0.2, 0) is 5.41 Å². The van der Waals surface area contributed by atoms with Crippen LogP contribution in [0.5, 0.6) is 11.5 Å². The third kappa shape index (κ3) is 5.76. The molecule has 56 heavy (non-hydrogen) atoms.